The number of aromatic nitrogens is 1. The van der Waals surface area contributed by atoms with E-state index >= 15 is 0 Å². The second-order valence-electron chi connectivity index (χ2n) is 4.40. The highest BCUT2D eigenvalue weighted by Crippen LogP contribution is 2.14. The first-order valence-electron chi connectivity index (χ1n) is 5.78. The minimum absolute atomic E-state index is 0.227. The number of hydrogen-bond acceptors (Lipinski definition) is 3. The van der Waals surface area contributed by atoms with Crippen LogP contribution in [0.1, 0.15) is 19.4 Å². The van der Waals surface area contributed by atoms with E-state index in [9.17, 15) is 0 Å². The number of nitrogens with zero attached hydrogens (tertiary/aromatic N) is 1. The van der Waals surface area contributed by atoms with E-state index in [0.29, 0.717) is 12.0 Å². The fourth-order valence-corrected chi connectivity index (χ4v) is 2.06. The molecule has 0 aliphatic carbocycles. The summed E-state index contributed by atoms with van der Waals surface area (Å²) >= 11 is 0. The second kappa shape index (κ2) is 6.61. The van der Waals surface area contributed by atoms with E-state index in [1.54, 1.807) is 13.3 Å². The minimum atomic E-state index is 0.227. The molecule has 0 aliphatic heterocycles. The summed E-state index contributed by atoms with van der Waals surface area (Å²) in [6.07, 6.45) is 4.89. The van der Waals surface area contributed by atoms with Crippen LogP contribution in [-0.2, 0) is 11.2 Å². The van der Waals surface area contributed by atoms with Gasteiger partial charge in [0, 0.05) is 25.5 Å². The molecule has 16 heavy (non-hydrogen) atoms. The highest BCUT2D eigenvalue weighted by atomic mass is 16.5. The molecular weight excluding hydrogens is 200 g/mol. The monoisotopic (exact) mass is 222 g/mol. The summed E-state index contributed by atoms with van der Waals surface area (Å²) in [4.78, 5) is 4.13. The number of rotatable bonds is 6. The fourth-order valence-electron chi connectivity index (χ4n) is 2.06. The molecule has 2 atom stereocenters. The lowest BCUT2D eigenvalue weighted by Crippen LogP contribution is -2.43. The van der Waals surface area contributed by atoms with Crippen LogP contribution in [0.4, 0.5) is 0 Å². The zero-order chi connectivity index (χ0) is 12.0. The molecule has 1 aromatic heterocycles. The van der Waals surface area contributed by atoms with Crippen molar-refractivity contribution >= 4 is 0 Å². The van der Waals surface area contributed by atoms with Crippen LogP contribution in [0.2, 0.25) is 0 Å². The Morgan fingerprint density at radius 3 is 2.62 bits per heavy atom. The number of nitrogens with one attached hydrogen (secondary N) is 1. The van der Waals surface area contributed by atoms with E-state index in [1.807, 2.05) is 19.3 Å². The maximum absolute atomic E-state index is 5.55. The smallest absolute Gasteiger partial charge is 0.0750 e. The van der Waals surface area contributed by atoms with Crippen LogP contribution in [0.3, 0.4) is 0 Å². The van der Waals surface area contributed by atoms with Gasteiger partial charge >= 0.3 is 0 Å². The van der Waals surface area contributed by atoms with Crippen molar-refractivity contribution in [2.75, 3.05) is 14.2 Å². The molecule has 3 nitrogen and oxygen atoms in total. The second-order valence-corrected chi connectivity index (χ2v) is 4.40. The lowest BCUT2D eigenvalue weighted by molar-refractivity contribution is 0.0354. The van der Waals surface area contributed by atoms with Gasteiger partial charge in [0.2, 0.25) is 0 Å². The highest BCUT2D eigenvalue weighted by molar-refractivity contribution is 5.10. The summed E-state index contributed by atoms with van der Waals surface area (Å²) in [6, 6.07) is 4.40. The number of likely N-dealkylation sites (N-methyl/N-ethyl adjacent to an activating group) is 1. The summed E-state index contributed by atoms with van der Waals surface area (Å²) in [5, 5.41) is 3.33. The molecule has 0 saturated heterocycles. The molecule has 0 saturated carbocycles. The van der Waals surface area contributed by atoms with Crippen LogP contribution in [0.5, 0.6) is 0 Å². The van der Waals surface area contributed by atoms with Gasteiger partial charge in [-0.3, -0.25) is 4.98 Å². The highest BCUT2D eigenvalue weighted by Gasteiger charge is 2.23. The van der Waals surface area contributed by atoms with E-state index in [1.165, 1.54) is 5.56 Å². The molecule has 3 heteroatoms. The third-order valence-electron chi connectivity index (χ3n) is 2.88. The van der Waals surface area contributed by atoms with Gasteiger partial charge in [0.15, 0.2) is 0 Å². The van der Waals surface area contributed by atoms with E-state index < -0.39 is 0 Å². The average molecular weight is 222 g/mol. The van der Waals surface area contributed by atoms with Gasteiger partial charge in [0.05, 0.1) is 6.10 Å². The summed E-state index contributed by atoms with van der Waals surface area (Å²) in [5.74, 6) is 0.499. The zero-order valence-electron chi connectivity index (χ0n) is 10.6. The van der Waals surface area contributed by atoms with Gasteiger partial charge in [0.1, 0.15) is 0 Å². The van der Waals surface area contributed by atoms with Crippen LogP contribution in [0.15, 0.2) is 24.5 Å². The van der Waals surface area contributed by atoms with Gasteiger partial charge in [-0.15, -0.1) is 0 Å². The molecule has 0 fully saturated rings. The Morgan fingerprint density at radius 2 is 2.19 bits per heavy atom. The topological polar surface area (TPSA) is 34.2 Å². The van der Waals surface area contributed by atoms with Gasteiger partial charge < -0.3 is 10.1 Å². The van der Waals surface area contributed by atoms with Crippen LogP contribution in [0, 0.1) is 5.92 Å². The fraction of sp³-hybridized carbons (Fsp3) is 0.615. The molecule has 0 radical (unpaired) electrons. The first-order valence-corrected chi connectivity index (χ1v) is 5.78. The number of methoxy groups -OCH3 is 1. The van der Waals surface area contributed by atoms with Crippen molar-refractivity contribution in [1.29, 1.82) is 0 Å². The molecule has 1 rings (SSSR count). The number of pyridine rings is 1. The maximum atomic E-state index is 5.55. The molecule has 1 aromatic rings. The third kappa shape index (κ3) is 3.58. The van der Waals surface area contributed by atoms with E-state index in [0.717, 1.165) is 6.42 Å². The molecule has 0 aliphatic rings. The van der Waals surface area contributed by atoms with Crippen LogP contribution in [0.25, 0.3) is 0 Å². The van der Waals surface area contributed by atoms with Crippen molar-refractivity contribution < 1.29 is 4.74 Å². The molecule has 1 heterocycles. The lowest BCUT2D eigenvalue weighted by Gasteiger charge is -2.28. The van der Waals surface area contributed by atoms with Crippen LogP contribution >= 0.6 is 0 Å². The maximum Gasteiger partial charge on any atom is 0.0750 e. The quantitative estimate of drug-likeness (QED) is 0.798. The Morgan fingerprint density at radius 1 is 1.44 bits per heavy atom. The standard InChI is InChI=1S/C13H22N2O/c1-10(2)13(16-4)12(14-3)8-11-6-5-7-15-9-11/h5-7,9-10,12-14H,8H2,1-4H3. The molecule has 0 aromatic carbocycles. The Bertz CT molecular complexity index is 287. The summed E-state index contributed by atoms with van der Waals surface area (Å²) in [7, 11) is 3.76. The van der Waals surface area contributed by atoms with E-state index in [-0.39, 0.29) is 6.10 Å². The molecule has 0 spiro atoms. The van der Waals surface area contributed by atoms with Crippen molar-refractivity contribution in [3.8, 4) is 0 Å². The Labute approximate surface area is 98.2 Å². The van der Waals surface area contributed by atoms with Gasteiger partial charge in [-0.1, -0.05) is 19.9 Å². The first-order chi connectivity index (χ1) is 7.69. The SMILES string of the molecule is CNC(Cc1cccnc1)C(OC)C(C)C. The van der Waals surface area contributed by atoms with Crippen LogP contribution < -0.4 is 5.32 Å². The number of ether oxygens (including phenoxy) is 1. The van der Waals surface area contributed by atoms with Gasteiger partial charge in [-0.2, -0.15) is 0 Å². The predicted molar refractivity (Wildman–Crippen MR) is 66.4 cm³/mol. The number of hydrogen-bond donors (Lipinski definition) is 1. The molecule has 90 valence electrons. The van der Waals surface area contributed by atoms with Gasteiger partial charge in [-0.25, -0.2) is 0 Å². The van der Waals surface area contributed by atoms with Crippen molar-refractivity contribution in [1.82, 2.24) is 10.3 Å². The van der Waals surface area contributed by atoms with Crippen LogP contribution in [-0.4, -0.2) is 31.3 Å². The van der Waals surface area contributed by atoms with E-state index in [4.69, 9.17) is 4.74 Å². The van der Waals surface area contributed by atoms with Crippen molar-refractivity contribution in [3.05, 3.63) is 30.1 Å². The molecule has 0 bridgehead atoms. The predicted octanol–water partition coefficient (Wildman–Crippen LogP) is 1.88. The molecule has 1 N–H and O–H groups in total. The van der Waals surface area contributed by atoms with Gasteiger partial charge in [0.25, 0.3) is 0 Å². The minimum Gasteiger partial charge on any atom is -0.380 e. The average Bonchev–Trinajstić information content (AvgIpc) is 2.29. The van der Waals surface area contributed by atoms with Crippen molar-refractivity contribution in [2.24, 2.45) is 5.92 Å². The first kappa shape index (κ1) is 13.1. The normalized spacial score (nSPS) is 15.1. The third-order valence-corrected chi connectivity index (χ3v) is 2.88. The summed E-state index contributed by atoms with van der Waals surface area (Å²) in [6.45, 7) is 4.36. The Hall–Kier alpha value is -0.930. The van der Waals surface area contributed by atoms with Crippen molar-refractivity contribution in [2.45, 2.75) is 32.4 Å². The summed E-state index contributed by atoms with van der Waals surface area (Å²) < 4.78 is 5.55. The molecular formula is C13H22N2O. The zero-order valence-corrected chi connectivity index (χ0v) is 10.6. The van der Waals surface area contributed by atoms with Crippen molar-refractivity contribution in [3.63, 3.8) is 0 Å². The summed E-state index contributed by atoms with van der Waals surface area (Å²) in [5.41, 5.74) is 1.24. The molecule has 2 unspecified atom stereocenters. The van der Waals surface area contributed by atoms with Gasteiger partial charge in [-0.05, 0) is 31.0 Å². The Balaban J connectivity index is 2.68. The molecule has 0 amide bonds. The largest absolute Gasteiger partial charge is 0.380 e. The Kier molecular flexibility index (Phi) is 5.43. The lowest BCUT2D eigenvalue weighted by atomic mass is 9.94. The van der Waals surface area contributed by atoms with E-state index in [2.05, 4.69) is 30.2 Å².